The van der Waals surface area contributed by atoms with Crippen LogP contribution in [0.5, 0.6) is 0 Å². The molecule has 3 rings (SSSR count). The van der Waals surface area contributed by atoms with Crippen molar-refractivity contribution in [3.05, 3.63) is 29.6 Å². The predicted molar refractivity (Wildman–Crippen MR) is 66.9 cm³/mol. The Balaban J connectivity index is 2.10. The Morgan fingerprint density at radius 3 is 2.53 bits per heavy atom. The molecule has 1 fully saturated rings. The van der Waals surface area contributed by atoms with Crippen LogP contribution in [0.25, 0.3) is 11.0 Å². The molecular formula is C14H15F3N2. The number of benzene rings is 1. The fourth-order valence-corrected chi connectivity index (χ4v) is 2.93. The Hall–Kier alpha value is -1.52. The summed E-state index contributed by atoms with van der Waals surface area (Å²) in [5.41, 5.74) is 0.607. The van der Waals surface area contributed by atoms with E-state index in [4.69, 9.17) is 0 Å². The highest BCUT2D eigenvalue weighted by atomic mass is 19.4. The third-order valence-corrected chi connectivity index (χ3v) is 3.96. The van der Waals surface area contributed by atoms with Gasteiger partial charge in [0.2, 0.25) is 0 Å². The van der Waals surface area contributed by atoms with Gasteiger partial charge in [-0.25, -0.2) is 4.98 Å². The van der Waals surface area contributed by atoms with Crippen molar-refractivity contribution in [2.75, 3.05) is 0 Å². The van der Waals surface area contributed by atoms with E-state index < -0.39 is 11.7 Å². The lowest BCUT2D eigenvalue weighted by molar-refractivity contribution is -0.137. The van der Waals surface area contributed by atoms with Crippen LogP contribution in [0.3, 0.4) is 0 Å². The molecule has 2 aromatic rings. The average molecular weight is 268 g/mol. The molecule has 0 radical (unpaired) electrons. The molecule has 0 atom stereocenters. The Morgan fingerprint density at radius 1 is 1.21 bits per heavy atom. The molecule has 0 bridgehead atoms. The topological polar surface area (TPSA) is 17.8 Å². The fraction of sp³-hybridized carbons (Fsp3) is 0.500. The summed E-state index contributed by atoms with van der Waals surface area (Å²) in [6, 6.07) is 3.77. The monoisotopic (exact) mass is 268 g/mol. The minimum Gasteiger partial charge on any atom is -0.331 e. The van der Waals surface area contributed by atoms with Gasteiger partial charge in [0.05, 0.1) is 16.6 Å². The van der Waals surface area contributed by atoms with Crippen LogP contribution >= 0.6 is 0 Å². The van der Waals surface area contributed by atoms with Crippen molar-refractivity contribution < 1.29 is 13.2 Å². The highest BCUT2D eigenvalue weighted by molar-refractivity contribution is 5.77. The molecule has 0 saturated heterocycles. The van der Waals surface area contributed by atoms with Crippen molar-refractivity contribution in [2.24, 2.45) is 7.05 Å². The molecule has 1 aliphatic rings. The third-order valence-electron chi connectivity index (χ3n) is 3.96. The first-order chi connectivity index (χ1) is 8.97. The van der Waals surface area contributed by atoms with Gasteiger partial charge in [0, 0.05) is 13.0 Å². The number of aryl methyl sites for hydroxylation is 1. The van der Waals surface area contributed by atoms with Crippen molar-refractivity contribution in [1.82, 2.24) is 9.55 Å². The van der Waals surface area contributed by atoms with Gasteiger partial charge in [0.1, 0.15) is 5.82 Å². The second-order valence-corrected chi connectivity index (χ2v) is 5.21. The highest BCUT2D eigenvalue weighted by Gasteiger charge is 2.31. The molecule has 2 nitrogen and oxygen atoms in total. The van der Waals surface area contributed by atoms with Crippen LogP contribution in [0.4, 0.5) is 13.2 Å². The molecule has 0 aliphatic heterocycles. The van der Waals surface area contributed by atoms with Gasteiger partial charge in [0.25, 0.3) is 0 Å². The normalized spacial score (nSPS) is 17.5. The molecule has 0 N–H and O–H groups in total. The summed E-state index contributed by atoms with van der Waals surface area (Å²) in [5.74, 6) is 1.32. The molecule has 0 amide bonds. The zero-order valence-corrected chi connectivity index (χ0v) is 10.7. The quantitative estimate of drug-likeness (QED) is 0.756. The lowest BCUT2D eigenvalue weighted by Gasteiger charge is -2.09. The zero-order valence-electron chi connectivity index (χ0n) is 10.7. The van der Waals surface area contributed by atoms with Crippen LogP contribution in [-0.4, -0.2) is 9.55 Å². The second kappa shape index (κ2) is 4.25. The Kier molecular flexibility index (Phi) is 2.80. The van der Waals surface area contributed by atoms with E-state index in [0.717, 1.165) is 24.7 Å². The van der Waals surface area contributed by atoms with Crippen molar-refractivity contribution in [3.63, 3.8) is 0 Å². The molecule has 1 saturated carbocycles. The highest BCUT2D eigenvalue weighted by Crippen LogP contribution is 2.36. The summed E-state index contributed by atoms with van der Waals surface area (Å²) >= 11 is 0. The molecule has 0 spiro atoms. The summed E-state index contributed by atoms with van der Waals surface area (Å²) in [6.45, 7) is 0. The van der Waals surface area contributed by atoms with Gasteiger partial charge in [-0.3, -0.25) is 0 Å². The van der Waals surface area contributed by atoms with E-state index in [0.29, 0.717) is 17.0 Å². The number of rotatable bonds is 1. The summed E-state index contributed by atoms with van der Waals surface area (Å²) in [4.78, 5) is 4.51. The van der Waals surface area contributed by atoms with E-state index in [1.54, 1.807) is 0 Å². The van der Waals surface area contributed by atoms with E-state index in [9.17, 15) is 13.2 Å². The van der Waals surface area contributed by atoms with Crippen LogP contribution in [0.15, 0.2) is 18.2 Å². The number of alkyl halides is 3. The van der Waals surface area contributed by atoms with Crippen LogP contribution in [0.1, 0.15) is 43.0 Å². The standard InChI is InChI=1S/C14H15F3N2/c1-19-12-8-10(14(15,16)17)6-7-11(12)18-13(19)9-4-2-3-5-9/h6-9H,2-5H2,1H3. The number of fused-ring (bicyclic) bond motifs is 1. The smallest absolute Gasteiger partial charge is 0.331 e. The lowest BCUT2D eigenvalue weighted by atomic mass is 10.1. The molecule has 1 aromatic carbocycles. The van der Waals surface area contributed by atoms with Gasteiger partial charge >= 0.3 is 6.18 Å². The zero-order chi connectivity index (χ0) is 13.6. The number of aromatic nitrogens is 2. The van der Waals surface area contributed by atoms with E-state index in [2.05, 4.69) is 4.98 Å². The molecule has 1 heterocycles. The maximum absolute atomic E-state index is 12.7. The van der Waals surface area contributed by atoms with Gasteiger partial charge in [-0.2, -0.15) is 13.2 Å². The first kappa shape index (κ1) is 12.5. The minimum atomic E-state index is -4.30. The van der Waals surface area contributed by atoms with Gasteiger partial charge in [0.15, 0.2) is 0 Å². The number of hydrogen-bond acceptors (Lipinski definition) is 1. The maximum atomic E-state index is 12.7. The minimum absolute atomic E-state index is 0.395. The maximum Gasteiger partial charge on any atom is 0.416 e. The van der Waals surface area contributed by atoms with Crippen LogP contribution in [0.2, 0.25) is 0 Å². The first-order valence-electron chi connectivity index (χ1n) is 6.50. The summed E-state index contributed by atoms with van der Waals surface area (Å²) < 4.78 is 40.0. The number of hydrogen-bond donors (Lipinski definition) is 0. The third kappa shape index (κ3) is 2.11. The van der Waals surface area contributed by atoms with Gasteiger partial charge < -0.3 is 4.57 Å². The van der Waals surface area contributed by atoms with Crippen molar-refractivity contribution >= 4 is 11.0 Å². The Bertz CT molecular complexity index is 607. The number of halogens is 3. The first-order valence-corrected chi connectivity index (χ1v) is 6.50. The van der Waals surface area contributed by atoms with Crippen LogP contribution in [0, 0.1) is 0 Å². The lowest BCUT2D eigenvalue weighted by Crippen LogP contribution is -2.05. The predicted octanol–water partition coefficient (Wildman–Crippen LogP) is 4.25. The van der Waals surface area contributed by atoms with E-state index in [1.807, 2.05) is 11.6 Å². The SMILES string of the molecule is Cn1c(C2CCCC2)nc2ccc(C(F)(F)F)cc21. The Morgan fingerprint density at radius 2 is 1.89 bits per heavy atom. The number of imidazole rings is 1. The average Bonchev–Trinajstić information content (AvgIpc) is 2.96. The van der Waals surface area contributed by atoms with Gasteiger partial charge in [-0.15, -0.1) is 0 Å². The van der Waals surface area contributed by atoms with Crippen molar-refractivity contribution in [2.45, 2.75) is 37.8 Å². The van der Waals surface area contributed by atoms with Crippen molar-refractivity contribution in [1.29, 1.82) is 0 Å². The van der Waals surface area contributed by atoms with Gasteiger partial charge in [-0.1, -0.05) is 12.8 Å². The van der Waals surface area contributed by atoms with E-state index in [1.165, 1.54) is 25.0 Å². The molecule has 19 heavy (non-hydrogen) atoms. The number of nitrogens with zero attached hydrogens (tertiary/aromatic N) is 2. The van der Waals surface area contributed by atoms with E-state index >= 15 is 0 Å². The van der Waals surface area contributed by atoms with Crippen LogP contribution in [-0.2, 0) is 13.2 Å². The Labute approximate surface area is 109 Å². The molecule has 5 heteroatoms. The molecular weight excluding hydrogens is 253 g/mol. The van der Waals surface area contributed by atoms with Crippen molar-refractivity contribution in [3.8, 4) is 0 Å². The molecule has 1 aromatic heterocycles. The summed E-state index contributed by atoms with van der Waals surface area (Å²) in [5, 5.41) is 0. The molecule has 0 unspecified atom stereocenters. The fourth-order valence-electron chi connectivity index (χ4n) is 2.93. The largest absolute Gasteiger partial charge is 0.416 e. The van der Waals surface area contributed by atoms with E-state index in [-0.39, 0.29) is 0 Å². The summed E-state index contributed by atoms with van der Waals surface area (Å²) in [7, 11) is 1.81. The second-order valence-electron chi connectivity index (χ2n) is 5.21. The van der Waals surface area contributed by atoms with Gasteiger partial charge in [-0.05, 0) is 31.0 Å². The summed E-state index contributed by atoms with van der Waals surface area (Å²) in [6.07, 6.45) is 0.238. The molecule has 1 aliphatic carbocycles. The molecule has 102 valence electrons. The van der Waals surface area contributed by atoms with Crippen LogP contribution < -0.4 is 0 Å².